The molecule has 0 aromatic heterocycles. The van der Waals surface area contributed by atoms with E-state index in [0.717, 1.165) is 29.7 Å². The molecule has 1 aromatic rings. The number of carbonyl (C=O) groups excluding carboxylic acids is 2. The van der Waals surface area contributed by atoms with Gasteiger partial charge in [0.15, 0.2) is 0 Å². The molecule has 22 heavy (non-hydrogen) atoms. The second-order valence-electron chi connectivity index (χ2n) is 6.25. The van der Waals surface area contributed by atoms with Crippen molar-refractivity contribution < 1.29 is 9.59 Å². The van der Waals surface area contributed by atoms with Crippen LogP contribution in [0.2, 0.25) is 0 Å². The summed E-state index contributed by atoms with van der Waals surface area (Å²) in [5.41, 5.74) is 2.84. The van der Waals surface area contributed by atoms with Gasteiger partial charge in [0.2, 0.25) is 11.8 Å². The lowest BCUT2D eigenvalue weighted by molar-refractivity contribution is -0.127. The van der Waals surface area contributed by atoms with E-state index in [1.165, 1.54) is 25.7 Å². The Morgan fingerprint density at radius 1 is 1.00 bits per heavy atom. The lowest BCUT2D eigenvalue weighted by atomic mass is 10.1. The van der Waals surface area contributed by atoms with Crippen molar-refractivity contribution in [3.8, 4) is 0 Å². The van der Waals surface area contributed by atoms with E-state index in [2.05, 4.69) is 10.6 Å². The van der Waals surface area contributed by atoms with Crippen LogP contribution in [0.4, 0.5) is 5.69 Å². The Morgan fingerprint density at radius 3 is 2.18 bits per heavy atom. The Morgan fingerprint density at radius 2 is 1.59 bits per heavy atom. The van der Waals surface area contributed by atoms with E-state index >= 15 is 0 Å². The Labute approximate surface area is 132 Å². The number of rotatable bonds is 4. The quantitative estimate of drug-likeness (QED) is 0.661. The van der Waals surface area contributed by atoms with Gasteiger partial charge in [0.25, 0.3) is 0 Å². The van der Waals surface area contributed by atoms with Crippen molar-refractivity contribution in [2.24, 2.45) is 0 Å². The van der Waals surface area contributed by atoms with Crippen molar-refractivity contribution >= 4 is 17.5 Å². The van der Waals surface area contributed by atoms with Gasteiger partial charge in [0.1, 0.15) is 6.42 Å². The molecule has 2 rings (SSSR count). The molecule has 0 radical (unpaired) electrons. The number of nitrogens with one attached hydrogen (secondary N) is 2. The SMILES string of the molecule is Cc1cccc(C)c1NC(=O)CC(=O)NC1CCCCCC1. The summed E-state index contributed by atoms with van der Waals surface area (Å²) in [6.07, 6.45) is 6.79. The average molecular weight is 302 g/mol. The molecule has 1 aromatic carbocycles. The molecule has 1 aliphatic carbocycles. The molecule has 0 saturated heterocycles. The molecule has 120 valence electrons. The fourth-order valence-corrected chi connectivity index (χ4v) is 3.04. The number of hydrogen-bond donors (Lipinski definition) is 2. The lowest BCUT2D eigenvalue weighted by Gasteiger charge is -2.16. The number of para-hydroxylation sites is 1. The van der Waals surface area contributed by atoms with E-state index in [1.807, 2.05) is 32.0 Å². The summed E-state index contributed by atoms with van der Waals surface area (Å²) < 4.78 is 0. The zero-order valence-corrected chi connectivity index (χ0v) is 13.6. The predicted octanol–water partition coefficient (Wildman–Crippen LogP) is 3.47. The van der Waals surface area contributed by atoms with Gasteiger partial charge in [0.05, 0.1) is 0 Å². The number of benzene rings is 1. The maximum Gasteiger partial charge on any atom is 0.233 e. The Hall–Kier alpha value is -1.84. The smallest absolute Gasteiger partial charge is 0.233 e. The molecule has 2 amide bonds. The van der Waals surface area contributed by atoms with Gasteiger partial charge < -0.3 is 10.6 Å². The average Bonchev–Trinajstić information content (AvgIpc) is 2.71. The molecule has 1 saturated carbocycles. The van der Waals surface area contributed by atoms with Crippen LogP contribution in [-0.2, 0) is 9.59 Å². The summed E-state index contributed by atoms with van der Waals surface area (Å²) in [5.74, 6) is -0.417. The van der Waals surface area contributed by atoms with Gasteiger partial charge in [-0.2, -0.15) is 0 Å². The van der Waals surface area contributed by atoms with Crippen LogP contribution in [0.3, 0.4) is 0 Å². The van der Waals surface area contributed by atoms with Crippen LogP contribution in [0.5, 0.6) is 0 Å². The highest BCUT2D eigenvalue weighted by molar-refractivity contribution is 6.04. The van der Waals surface area contributed by atoms with Gasteiger partial charge in [-0.3, -0.25) is 9.59 Å². The van der Waals surface area contributed by atoms with Crippen LogP contribution in [-0.4, -0.2) is 17.9 Å². The fourth-order valence-electron chi connectivity index (χ4n) is 3.04. The van der Waals surface area contributed by atoms with Crippen molar-refractivity contribution in [2.75, 3.05) is 5.32 Å². The van der Waals surface area contributed by atoms with Crippen molar-refractivity contribution in [2.45, 2.75) is 64.8 Å². The first kappa shape index (κ1) is 16.5. The van der Waals surface area contributed by atoms with Crippen LogP contribution >= 0.6 is 0 Å². The van der Waals surface area contributed by atoms with Crippen molar-refractivity contribution in [1.29, 1.82) is 0 Å². The zero-order chi connectivity index (χ0) is 15.9. The van der Waals surface area contributed by atoms with Gasteiger partial charge in [-0.05, 0) is 37.8 Å². The minimum atomic E-state index is -0.247. The third-order valence-corrected chi connectivity index (χ3v) is 4.29. The highest BCUT2D eigenvalue weighted by Crippen LogP contribution is 2.20. The topological polar surface area (TPSA) is 58.2 Å². The Balaban J connectivity index is 1.84. The zero-order valence-electron chi connectivity index (χ0n) is 13.6. The van der Waals surface area contributed by atoms with Crippen LogP contribution in [0.25, 0.3) is 0 Å². The second-order valence-corrected chi connectivity index (χ2v) is 6.25. The van der Waals surface area contributed by atoms with E-state index in [1.54, 1.807) is 0 Å². The summed E-state index contributed by atoms with van der Waals surface area (Å²) in [5, 5.41) is 5.86. The summed E-state index contributed by atoms with van der Waals surface area (Å²) in [4.78, 5) is 24.1. The maximum atomic E-state index is 12.1. The Kier molecular flexibility index (Phi) is 5.99. The number of amides is 2. The molecule has 0 unspecified atom stereocenters. The van der Waals surface area contributed by atoms with E-state index in [9.17, 15) is 9.59 Å². The van der Waals surface area contributed by atoms with Crippen molar-refractivity contribution in [3.05, 3.63) is 29.3 Å². The molecular weight excluding hydrogens is 276 g/mol. The number of hydrogen-bond acceptors (Lipinski definition) is 2. The molecule has 0 spiro atoms. The third kappa shape index (κ3) is 4.86. The number of aryl methyl sites for hydroxylation is 2. The van der Waals surface area contributed by atoms with Crippen LogP contribution in [0.1, 0.15) is 56.1 Å². The molecule has 2 N–H and O–H groups in total. The Bertz CT molecular complexity index is 512. The van der Waals surface area contributed by atoms with Crippen molar-refractivity contribution in [3.63, 3.8) is 0 Å². The number of anilines is 1. The van der Waals surface area contributed by atoms with Gasteiger partial charge in [-0.25, -0.2) is 0 Å². The molecule has 0 atom stereocenters. The lowest BCUT2D eigenvalue weighted by Crippen LogP contribution is -2.36. The standard InChI is InChI=1S/C18H26N2O2/c1-13-8-7-9-14(2)18(13)20-17(22)12-16(21)19-15-10-5-3-4-6-11-15/h7-9,15H,3-6,10-12H2,1-2H3,(H,19,21)(H,20,22). The predicted molar refractivity (Wildman–Crippen MR) is 88.8 cm³/mol. The van der Waals surface area contributed by atoms with Gasteiger partial charge in [0, 0.05) is 11.7 Å². The molecule has 4 heteroatoms. The minimum absolute atomic E-state index is 0.107. The van der Waals surface area contributed by atoms with Gasteiger partial charge >= 0.3 is 0 Å². The van der Waals surface area contributed by atoms with Gasteiger partial charge in [-0.1, -0.05) is 43.9 Å². The summed E-state index contributed by atoms with van der Waals surface area (Å²) >= 11 is 0. The molecule has 0 heterocycles. The monoisotopic (exact) mass is 302 g/mol. The molecule has 4 nitrogen and oxygen atoms in total. The summed E-state index contributed by atoms with van der Waals surface area (Å²) in [6, 6.07) is 6.10. The largest absolute Gasteiger partial charge is 0.353 e. The van der Waals surface area contributed by atoms with Crippen LogP contribution in [0.15, 0.2) is 18.2 Å². The highest BCUT2D eigenvalue weighted by atomic mass is 16.2. The molecule has 1 fully saturated rings. The van der Waals surface area contributed by atoms with Crippen LogP contribution in [0, 0.1) is 13.8 Å². The third-order valence-electron chi connectivity index (χ3n) is 4.29. The van der Waals surface area contributed by atoms with E-state index < -0.39 is 0 Å². The van der Waals surface area contributed by atoms with Crippen LogP contribution < -0.4 is 10.6 Å². The first-order valence-electron chi connectivity index (χ1n) is 8.21. The normalized spacial score (nSPS) is 15.9. The van der Waals surface area contributed by atoms with E-state index in [-0.39, 0.29) is 24.3 Å². The van der Waals surface area contributed by atoms with Crippen molar-refractivity contribution in [1.82, 2.24) is 5.32 Å². The molecule has 0 aliphatic heterocycles. The first-order valence-corrected chi connectivity index (χ1v) is 8.21. The van der Waals surface area contributed by atoms with Gasteiger partial charge in [-0.15, -0.1) is 0 Å². The fraction of sp³-hybridized carbons (Fsp3) is 0.556. The van der Waals surface area contributed by atoms with E-state index in [4.69, 9.17) is 0 Å². The molecule has 0 bridgehead atoms. The molecule has 1 aliphatic rings. The summed E-state index contributed by atoms with van der Waals surface area (Å²) in [6.45, 7) is 3.91. The number of carbonyl (C=O) groups is 2. The summed E-state index contributed by atoms with van der Waals surface area (Å²) in [7, 11) is 0. The van der Waals surface area contributed by atoms with E-state index in [0.29, 0.717) is 0 Å². The minimum Gasteiger partial charge on any atom is -0.353 e. The molecular formula is C18H26N2O2. The highest BCUT2D eigenvalue weighted by Gasteiger charge is 2.17. The maximum absolute atomic E-state index is 12.1. The first-order chi connectivity index (χ1) is 10.6. The second kappa shape index (κ2) is 7.97.